The van der Waals surface area contributed by atoms with Crippen molar-refractivity contribution < 1.29 is 16.8 Å². The van der Waals surface area contributed by atoms with Gasteiger partial charge in [0.05, 0.1) is 11.9 Å². The zero-order valence-corrected chi connectivity index (χ0v) is 13.2. The van der Waals surface area contributed by atoms with Crippen molar-refractivity contribution in [1.29, 1.82) is 0 Å². The lowest BCUT2D eigenvalue weighted by Crippen LogP contribution is -2.34. The quantitative estimate of drug-likeness (QED) is 0.840. The molecule has 0 radical (unpaired) electrons. The van der Waals surface area contributed by atoms with E-state index in [0.29, 0.717) is 30.8 Å². The normalized spacial score (nSPS) is 15.8. The molecule has 0 saturated carbocycles. The predicted octanol–water partition coefficient (Wildman–Crippen LogP) is 1.34. The summed E-state index contributed by atoms with van der Waals surface area (Å²) in [7, 11) is -6.88. The van der Waals surface area contributed by atoms with Crippen LogP contribution in [0.5, 0.6) is 0 Å². The van der Waals surface area contributed by atoms with Crippen molar-refractivity contribution in [2.45, 2.75) is 12.8 Å². The number of anilines is 2. The van der Waals surface area contributed by atoms with E-state index < -0.39 is 25.3 Å². The molecule has 1 aliphatic heterocycles. The number of halogens is 1. The Morgan fingerprint density at radius 2 is 2.00 bits per heavy atom. The van der Waals surface area contributed by atoms with Gasteiger partial charge in [0.1, 0.15) is 5.21 Å². The molecule has 1 N–H and O–H groups in total. The number of aryl methyl sites for hydroxylation is 1. The third kappa shape index (κ3) is 3.36. The van der Waals surface area contributed by atoms with Gasteiger partial charge in [-0.2, -0.15) is 0 Å². The summed E-state index contributed by atoms with van der Waals surface area (Å²) in [4.78, 5) is 0. The van der Waals surface area contributed by atoms with E-state index in [-0.39, 0.29) is 0 Å². The minimum atomic E-state index is -3.56. The van der Waals surface area contributed by atoms with Gasteiger partial charge in [0.2, 0.25) is 20.0 Å². The average Bonchev–Trinajstić information content (AvgIpc) is 2.36. The van der Waals surface area contributed by atoms with Crippen LogP contribution in [0.1, 0.15) is 12.0 Å². The number of nitrogens with one attached hydrogen (secondary N) is 1. The van der Waals surface area contributed by atoms with E-state index in [4.69, 9.17) is 11.6 Å². The van der Waals surface area contributed by atoms with Crippen molar-refractivity contribution in [3.63, 3.8) is 0 Å². The van der Waals surface area contributed by atoms with Gasteiger partial charge in [-0.1, -0.05) is 0 Å². The molecule has 112 valence electrons. The van der Waals surface area contributed by atoms with Crippen LogP contribution in [-0.2, 0) is 26.5 Å². The summed E-state index contributed by atoms with van der Waals surface area (Å²) in [5.74, 6) is 0. The molecular weight excluding hydrogens is 324 g/mol. The van der Waals surface area contributed by atoms with E-state index in [1.807, 2.05) is 0 Å². The van der Waals surface area contributed by atoms with Crippen LogP contribution in [0.4, 0.5) is 11.4 Å². The number of alkyl halides is 1. The fraction of sp³-hybridized carbons (Fsp3) is 0.455. The van der Waals surface area contributed by atoms with E-state index in [2.05, 4.69) is 4.72 Å². The fourth-order valence-electron chi connectivity index (χ4n) is 2.18. The summed E-state index contributed by atoms with van der Waals surface area (Å²) < 4.78 is 49.9. The molecule has 1 aromatic carbocycles. The first-order valence-electron chi connectivity index (χ1n) is 5.90. The number of fused-ring (bicyclic) bond motifs is 1. The van der Waals surface area contributed by atoms with Crippen molar-refractivity contribution >= 4 is 43.0 Å². The zero-order valence-electron chi connectivity index (χ0n) is 10.8. The lowest BCUT2D eigenvalue weighted by molar-refractivity contribution is 0.592. The molecule has 9 heteroatoms. The topological polar surface area (TPSA) is 83.6 Å². The molecule has 0 bridgehead atoms. The van der Waals surface area contributed by atoms with Gasteiger partial charge in [0.25, 0.3) is 0 Å². The number of benzene rings is 1. The number of rotatable bonds is 4. The van der Waals surface area contributed by atoms with Crippen molar-refractivity contribution in [1.82, 2.24) is 0 Å². The molecule has 0 unspecified atom stereocenters. The van der Waals surface area contributed by atoms with E-state index in [1.165, 1.54) is 10.4 Å². The monoisotopic (exact) mass is 338 g/mol. The van der Waals surface area contributed by atoms with Crippen LogP contribution < -0.4 is 9.03 Å². The molecule has 0 aliphatic carbocycles. The van der Waals surface area contributed by atoms with Crippen LogP contribution >= 0.6 is 11.6 Å². The molecule has 0 atom stereocenters. The van der Waals surface area contributed by atoms with Crippen molar-refractivity contribution in [3.8, 4) is 0 Å². The molecular formula is C11H15ClN2O4S2. The number of hydrogen-bond acceptors (Lipinski definition) is 4. The first-order valence-corrected chi connectivity index (χ1v) is 9.93. The maximum absolute atomic E-state index is 11.7. The van der Waals surface area contributed by atoms with Crippen LogP contribution in [-0.4, -0.2) is 34.8 Å². The van der Waals surface area contributed by atoms with Gasteiger partial charge in [0.15, 0.2) is 0 Å². The molecule has 1 heterocycles. The van der Waals surface area contributed by atoms with Crippen molar-refractivity contribution in [3.05, 3.63) is 23.8 Å². The van der Waals surface area contributed by atoms with Crippen LogP contribution in [0.15, 0.2) is 18.2 Å². The highest BCUT2D eigenvalue weighted by molar-refractivity contribution is 7.93. The zero-order chi connectivity index (χ0) is 15.0. The number of nitrogens with zero attached hydrogens (tertiary/aromatic N) is 1. The first kappa shape index (κ1) is 15.4. The van der Waals surface area contributed by atoms with Gasteiger partial charge < -0.3 is 0 Å². The van der Waals surface area contributed by atoms with Crippen molar-refractivity contribution in [2.75, 3.05) is 27.0 Å². The highest BCUT2D eigenvalue weighted by Gasteiger charge is 2.24. The van der Waals surface area contributed by atoms with E-state index >= 15 is 0 Å². The predicted molar refractivity (Wildman–Crippen MR) is 80.2 cm³/mol. The molecule has 20 heavy (non-hydrogen) atoms. The summed E-state index contributed by atoms with van der Waals surface area (Å²) >= 11 is 5.33. The Kier molecular flexibility index (Phi) is 4.17. The van der Waals surface area contributed by atoms with Gasteiger partial charge in [-0.25, -0.2) is 16.8 Å². The van der Waals surface area contributed by atoms with Crippen LogP contribution in [0.3, 0.4) is 0 Å². The molecule has 6 nitrogen and oxygen atoms in total. The maximum Gasteiger partial charge on any atom is 0.246 e. The lowest BCUT2D eigenvalue weighted by Gasteiger charge is -2.29. The Labute approximate surface area is 123 Å². The molecule has 0 aromatic heterocycles. The van der Waals surface area contributed by atoms with E-state index in [0.717, 1.165) is 11.8 Å². The third-order valence-corrected chi connectivity index (χ3v) is 5.85. The Morgan fingerprint density at radius 3 is 2.60 bits per heavy atom. The van der Waals surface area contributed by atoms with Gasteiger partial charge in [-0.3, -0.25) is 9.03 Å². The fourth-order valence-corrected chi connectivity index (χ4v) is 3.88. The lowest BCUT2D eigenvalue weighted by atomic mass is 10.0. The smallest absolute Gasteiger partial charge is 0.246 e. The van der Waals surface area contributed by atoms with Gasteiger partial charge >= 0.3 is 0 Å². The second-order valence-electron chi connectivity index (χ2n) is 4.61. The highest BCUT2D eigenvalue weighted by atomic mass is 35.5. The van der Waals surface area contributed by atoms with Crippen molar-refractivity contribution in [2.24, 2.45) is 0 Å². The summed E-state index contributed by atoms with van der Waals surface area (Å²) in [5.41, 5.74) is 1.80. The SMILES string of the molecule is CS(=O)(=O)N1CCCc2cc(NS(=O)(=O)CCl)ccc21. The van der Waals surface area contributed by atoms with Gasteiger partial charge in [-0.15, -0.1) is 11.6 Å². The Hall–Kier alpha value is -0.990. The molecule has 0 saturated heterocycles. The number of sulfonamides is 2. The van der Waals surface area contributed by atoms with Gasteiger partial charge in [0, 0.05) is 12.2 Å². The summed E-state index contributed by atoms with van der Waals surface area (Å²) in [6.45, 7) is 0.443. The van der Waals surface area contributed by atoms with Crippen LogP contribution in [0.2, 0.25) is 0 Å². The first-order chi connectivity index (χ1) is 9.23. The van der Waals surface area contributed by atoms with Crippen LogP contribution in [0.25, 0.3) is 0 Å². The molecule has 1 aromatic rings. The second-order valence-corrected chi connectivity index (χ2v) is 8.82. The molecule has 1 aliphatic rings. The van der Waals surface area contributed by atoms with Crippen LogP contribution in [0, 0.1) is 0 Å². The molecule has 0 fully saturated rings. The minimum absolute atomic E-state index is 0.389. The average molecular weight is 339 g/mol. The minimum Gasteiger partial charge on any atom is -0.283 e. The largest absolute Gasteiger partial charge is 0.283 e. The second kappa shape index (κ2) is 5.42. The molecule has 2 rings (SSSR count). The Bertz CT molecular complexity index is 716. The van der Waals surface area contributed by atoms with E-state index in [9.17, 15) is 16.8 Å². The maximum atomic E-state index is 11.7. The molecule has 0 amide bonds. The summed E-state index contributed by atoms with van der Waals surface area (Å²) in [6.07, 6.45) is 2.57. The molecule has 0 spiro atoms. The Morgan fingerprint density at radius 1 is 1.30 bits per heavy atom. The summed E-state index contributed by atoms with van der Waals surface area (Å²) in [5, 5.41) is -0.528. The summed E-state index contributed by atoms with van der Waals surface area (Å²) in [6, 6.07) is 4.80. The van der Waals surface area contributed by atoms with E-state index in [1.54, 1.807) is 12.1 Å². The number of hydrogen-bond donors (Lipinski definition) is 1. The van der Waals surface area contributed by atoms with Gasteiger partial charge in [-0.05, 0) is 36.6 Å². The third-order valence-electron chi connectivity index (χ3n) is 2.97. The Balaban J connectivity index is 2.38. The highest BCUT2D eigenvalue weighted by Crippen LogP contribution is 2.31. The standard InChI is InChI=1S/C11H15ClN2O4S2/c1-19(15,16)14-6-2-3-9-7-10(4-5-11(9)14)13-20(17,18)8-12/h4-5,7,13H,2-3,6,8H2,1H3.